The van der Waals surface area contributed by atoms with Gasteiger partial charge in [-0.3, -0.25) is 14.9 Å². The number of hydrogen-bond donors (Lipinski definition) is 0. The molecule has 0 saturated heterocycles. The maximum absolute atomic E-state index is 11.9. The van der Waals surface area contributed by atoms with E-state index in [4.69, 9.17) is 8.83 Å². The molecule has 94 valence electrons. The molecule has 0 aliphatic heterocycles. The summed E-state index contributed by atoms with van der Waals surface area (Å²) in [6.45, 7) is 0.264. The maximum atomic E-state index is 11.9. The molecule has 0 aliphatic rings. The number of hydrogen-bond acceptors (Lipinski definition) is 5. The minimum Gasteiger partial charge on any atom is -0.467 e. The van der Waals surface area contributed by atoms with Gasteiger partial charge in [0.15, 0.2) is 5.76 Å². The topological polar surface area (TPSA) is 89.7 Å². The quantitative estimate of drug-likeness (QED) is 0.611. The van der Waals surface area contributed by atoms with E-state index in [0.717, 1.165) is 6.07 Å². The monoisotopic (exact) mass is 250 g/mol. The van der Waals surface area contributed by atoms with Crippen LogP contribution < -0.4 is 0 Å². The van der Waals surface area contributed by atoms with Gasteiger partial charge in [0.25, 0.3) is 5.91 Å². The van der Waals surface area contributed by atoms with Crippen LogP contribution in [0.3, 0.4) is 0 Å². The normalized spacial score (nSPS) is 10.3. The van der Waals surface area contributed by atoms with Gasteiger partial charge >= 0.3 is 5.88 Å². The molecule has 0 unspecified atom stereocenters. The van der Waals surface area contributed by atoms with Crippen molar-refractivity contribution < 1.29 is 18.6 Å². The van der Waals surface area contributed by atoms with E-state index in [-0.39, 0.29) is 12.3 Å². The van der Waals surface area contributed by atoms with Gasteiger partial charge in [0, 0.05) is 7.05 Å². The summed E-state index contributed by atoms with van der Waals surface area (Å²) < 4.78 is 9.93. The van der Waals surface area contributed by atoms with Crippen molar-refractivity contribution in [3.63, 3.8) is 0 Å². The van der Waals surface area contributed by atoms with Crippen LogP contribution in [0.25, 0.3) is 0 Å². The molecule has 0 N–H and O–H groups in total. The Hall–Kier alpha value is -2.57. The molecule has 2 aromatic rings. The second-order valence-corrected chi connectivity index (χ2v) is 3.64. The lowest BCUT2D eigenvalue weighted by Crippen LogP contribution is -2.25. The number of amides is 1. The number of carbonyl (C=O) groups excluding carboxylic acids is 1. The van der Waals surface area contributed by atoms with Gasteiger partial charge in [0.2, 0.25) is 0 Å². The van der Waals surface area contributed by atoms with Crippen LogP contribution in [0, 0.1) is 10.1 Å². The lowest BCUT2D eigenvalue weighted by atomic mass is 10.3. The van der Waals surface area contributed by atoms with Crippen LogP contribution in [0.4, 0.5) is 5.88 Å². The average molecular weight is 250 g/mol. The molecule has 0 atom stereocenters. The van der Waals surface area contributed by atoms with Crippen LogP contribution in [0.1, 0.15) is 16.3 Å². The smallest absolute Gasteiger partial charge is 0.433 e. The first-order chi connectivity index (χ1) is 8.58. The Labute approximate surface area is 102 Å². The molecule has 0 bridgehead atoms. The summed E-state index contributed by atoms with van der Waals surface area (Å²) >= 11 is 0. The summed E-state index contributed by atoms with van der Waals surface area (Å²) in [5.41, 5.74) is 0. The Morgan fingerprint density at radius 3 is 2.78 bits per heavy atom. The van der Waals surface area contributed by atoms with E-state index < -0.39 is 16.7 Å². The summed E-state index contributed by atoms with van der Waals surface area (Å²) in [7, 11) is 1.55. The third-order valence-corrected chi connectivity index (χ3v) is 2.30. The Balaban J connectivity index is 2.08. The van der Waals surface area contributed by atoms with Crippen molar-refractivity contribution in [1.29, 1.82) is 0 Å². The third-order valence-electron chi connectivity index (χ3n) is 2.30. The van der Waals surface area contributed by atoms with E-state index in [9.17, 15) is 14.9 Å². The molecule has 2 rings (SSSR count). The number of carbonyl (C=O) groups is 1. The number of furan rings is 2. The molecular weight excluding hydrogens is 240 g/mol. The van der Waals surface area contributed by atoms with Crippen LogP contribution in [0.5, 0.6) is 0 Å². The van der Waals surface area contributed by atoms with E-state index >= 15 is 0 Å². The number of nitrogens with zero attached hydrogens (tertiary/aromatic N) is 2. The minimum absolute atomic E-state index is 0.0734. The molecular formula is C11H10N2O5. The van der Waals surface area contributed by atoms with Crippen LogP contribution >= 0.6 is 0 Å². The Bertz CT molecular complexity index is 558. The fourth-order valence-corrected chi connectivity index (χ4v) is 1.44. The molecule has 0 saturated carbocycles. The van der Waals surface area contributed by atoms with Crippen molar-refractivity contribution in [2.24, 2.45) is 0 Å². The molecule has 1 amide bonds. The largest absolute Gasteiger partial charge is 0.467 e. The van der Waals surface area contributed by atoms with E-state index in [1.807, 2.05) is 0 Å². The van der Waals surface area contributed by atoms with Gasteiger partial charge in [-0.1, -0.05) is 0 Å². The number of rotatable bonds is 4. The zero-order chi connectivity index (χ0) is 13.1. The Kier molecular flexibility index (Phi) is 3.13. The molecule has 2 heterocycles. The van der Waals surface area contributed by atoms with Crippen LogP contribution in [0.2, 0.25) is 0 Å². The highest BCUT2D eigenvalue weighted by atomic mass is 16.6. The zero-order valence-corrected chi connectivity index (χ0v) is 9.53. The summed E-state index contributed by atoms with van der Waals surface area (Å²) in [4.78, 5) is 23.0. The Morgan fingerprint density at radius 1 is 1.44 bits per heavy atom. The van der Waals surface area contributed by atoms with Crippen molar-refractivity contribution in [2.45, 2.75) is 6.54 Å². The highest BCUT2D eigenvalue weighted by Crippen LogP contribution is 2.17. The fourth-order valence-electron chi connectivity index (χ4n) is 1.44. The van der Waals surface area contributed by atoms with Gasteiger partial charge in [0.1, 0.15) is 10.7 Å². The van der Waals surface area contributed by atoms with Crippen LogP contribution in [0.15, 0.2) is 39.4 Å². The maximum Gasteiger partial charge on any atom is 0.433 e. The summed E-state index contributed by atoms with van der Waals surface area (Å²) in [6, 6.07) is 5.87. The summed E-state index contributed by atoms with van der Waals surface area (Å²) in [6.07, 6.45) is 1.51. The summed E-state index contributed by atoms with van der Waals surface area (Å²) in [5.74, 6) is -0.355. The second kappa shape index (κ2) is 4.74. The molecule has 18 heavy (non-hydrogen) atoms. The second-order valence-electron chi connectivity index (χ2n) is 3.64. The minimum atomic E-state index is -0.691. The molecule has 0 fully saturated rings. The van der Waals surface area contributed by atoms with E-state index in [0.29, 0.717) is 5.76 Å². The van der Waals surface area contributed by atoms with Crippen LogP contribution in [-0.2, 0) is 6.54 Å². The zero-order valence-electron chi connectivity index (χ0n) is 9.53. The Morgan fingerprint density at radius 2 is 2.22 bits per heavy atom. The van der Waals surface area contributed by atoms with Crippen molar-refractivity contribution in [3.05, 3.63) is 52.2 Å². The highest BCUT2D eigenvalue weighted by Gasteiger charge is 2.20. The standard InChI is InChI=1S/C11H10N2O5/c1-12(7-8-3-2-6-17-8)11(14)9-4-5-10(18-9)13(15)16/h2-6H,7H2,1H3. The van der Waals surface area contributed by atoms with Crippen molar-refractivity contribution >= 4 is 11.8 Å². The van der Waals surface area contributed by atoms with Gasteiger partial charge in [-0.25, -0.2) is 0 Å². The highest BCUT2D eigenvalue weighted by molar-refractivity contribution is 5.91. The molecule has 0 radical (unpaired) electrons. The molecule has 0 aliphatic carbocycles. The third kappa shape index (κ3) is 2.40. The molecule has 2 aromatic heterocycles. The molecule has 7 nitrogen and oxygen atoms in total. The first kappa shape index (κ1) is 11.9. The van der Waals surface area contributed by atoms with E-state index in [1.165, 1.54) is 17.2 Å². The van der Waals surface area contributed by atoms with Gasteiger partial charge in [-0.05, 0) is 18.2 Å². The van der Waals surface area contributed by atoms with Crippen molar-refractivity contribution in [3.8, 4) is 0 Å². The van der Waals surface area contributed by atoms with Gasteiger partial charge < -0.3 is 13.7 Å². The fraction of sp³-hybridized carbons (Fsp3) is 0.182. The predicted molar refractivity (Wildman–Crippen MR) is 59.9 cm³/mol. The first-order valence-corrected chi connectivity index (χ1v) is 5.10. The predicted octanol–water partition coefficient (Wildman–Crippen LogP) is 2.05. The lowest BCUT2D eigenvalue weighted by Gasteiger charge is -2.13. The van der Waals surface area contributed by atoms with E-state index in [2.05, 4.69) is 0 Å². The van der Waals surface area contributed by atoms with Gasteiger partial charge in [-0.15, -0.1) is 0 Å². The van der Waals surface area contributed by atoms with Gasteiger partial charge in [-0.2, -0.15) is 0 Å². The van der Waals surface area contributed by atoms with Crippen molar-refractivity contribution in [2.75, 3.05) is 7.05 Å². The van der Waals surface area contributed by atoms with Crippen LogP contribution in [-0.4, -0.2) is 22.8 Å². The van der Waals surface area contributed by atoms with Gasteiger partial charge in [0.05, 0.1) is 18.9 Å². The SMILES string of the molecule is CN(Cc1ccco1)C(=O)c1ccc([N+](=O)[O-])o1. The summed E-state index contributed by atoms with van der Waals surface area (Å²) in [5, 5.41) is 10.4. The molecule has 0 spiro atoms. The molecule has 7 heteroatoms. The number of nitro groups is 1. The van der Waals surface area contributed by atoms with Crippen molar-refractivity contribution in [1.82, 2.24) is 4.90 Å². The van der Waals surface area contributed by atoms with E-state index in [1.54, 1.807) is 19.2 Å². The first-order valence-electron chi connectivity index (χ1n) is 5.10. The average Bonchev–Trinajstić information content (AvgIpc) is 2.98. The molecule has 0 aromatic carbocycles. The lowest BCUT2D eigenvalue weighted by molar-refractivity contribution is -0.402.